The van der Waals surface area contributed by atoms with Gasteiger partial charge in [-0.3, -0.25) is 14.3 Å². The van der Waals surface area contributed by atoms with Gasteiger partial charge in [0.1, 0.15) is 24.4 Å². The van der Waals surface area contributed by atoms with Crippen LogP contribution < -0.4 is 11.2 Å². The number of aromatic nitrogens is 2. The molecule has 6 atom stereocenters. The highest BCUT2D eigenvalue weighted by Gasteiger charge is 2.47. The highest BCUT2D eigenvalue weighted by molar-refractivity contribution is 7.66. The van der Waals surface area contributed by atoms with E-state index in [1.54, 1.807) is 4.98 Å². The molecule has 18 nitrogen and oxygen atoms in total. The Hall–Kier alpha value is -1.23. The zero-order chi connectivity index (χ0) is 23.1. The molecule has 1 aromatic rings. The Kier molecular flexibility index (Phi) is 7.28. The zero-order valence-corrected chi connectivity index (χ0v) is 16.9. The minimum absolute atomic E-state index is 0.0431. The van der Waals surface area contributed by atoms with E-state index in [1.165, 1.54) is 0 Å². The Morgan fingerprint density at radius 3 is 2.20 bits per heavy atom. The number of rotatable bonds is 8. The molecule has 1 saturated heterocycles. The molecular formula is C9H15N2O16P3. The number of phosphoric ester groups is 1. The summed E-state index contributed by atoms with van der Waals surface area (Å²) >= 11 is 0. The van der Waals surface area contributed by atoms with E-state index in [9.17, 15) is 43.6 Å². The molecule has 8 N–H and O–H groups in total. The molecule has 1 aliphatic heterocycles. The van der Waals surface area contributed by atoms with E-state index in [0.29, 0.717) is 6.20 Å². The van der Waals surface area contributed by atoms with Crippen LogP contribution in [0.25, 0.3) is 0 Å². The summed E-state index contributed by atoms with van der Waals surface area (Å²) in [5, 5.41) is 29.3. The van der Waals surface area contributed by atoms with Crippen LogP contribution in [0.1, 0.15) is 11.7 Å². The number of aliphatic hydroxyl groups is 2. The van der Waals surface area contributed by atoms with Gasteiger partial charge in [-0.05, 0) is 0 Å². The van der Waals surface area contributed by atoms with Crippen LogP contribution in [-0.2, 0) is 31.6 Å². The molecule has 1 aliphatic rings. The first-order valence-corrected chi connectivity index (χ1v) is 11.9. The number of ether oxygens (including phenoxy) is 1. The van der Waals surface area contributed by atoms with Crippen molar-refractivity contribution in [3.05, 3.63) is 32.6 Å². The predicted molar refractivity (Wildman–Crippen MR) is 88.0 cm³/mol. The maximum Gasteiger partial charge on any atom is 0.490 e. The van der Waals surface area contributed by atoms with E-state index in [-0.39, 0.29) is 4.73 Å². The van der Waals surface area contributed by atoms with Crippen molar-refractivity contribution >= 4 is 23.5 Å². The number of nitrogens with one attached hydrogen (secondary N) is 1. The SMILES string of the molecule is O=c1[nH]c(=O)n(O)cc1C1OC(COP(=O)(O)OP(=O)(O)OP(=O)(O)O)C(O)C1O. The standard InChI is InChI=1S/C9H15N2O16P3/c12-5-4(2-24-29(20,21)27-30(22,23)26-28(17,18)19)25-7(6(5)13)3-1-11(16)9(15)10-8(3)14/h1,4-7,12-13,16H,2H2,(H,20,21)(H,22,23)(H,10,14,15)(H2,17,18,19). The van der Waals surface area contributed by atoms with E-state index in [1.807, 2.05) is 0 Å². The molecule has 0 bridgehead atoms. The third-order valence-corrected chi connectivity index (χ3v) is 7.24. The molecule has 172 valence electrons. The summed E-state index contributed by atoms with van der Waals surface area (Å²) in [7, 11) is -16.9. The van der Waals surface area contributed by atoms with Gasteiger partial charge in [-0.25, -0.2) is 18.5 Å². The lowest BCUT2D eigenvalue weighted by molar-refractivity contribution is -0.0232. The summed E-state index contributed by atoms with van der Waals surface area (Å²) in [6.45, 7) is -1.10. The Labute approximate surface area is 164 Å². The van der Waals surface area contributed by atoms with Gasteiger partial charge in [0, 0.05) is 0 Å². The van der Waals surface area contributed by atoms with E-state index in [2.05, 4.69) is 13.1 Å². The third kappa shape index (κ3) is 6.38. The molecule has 2 rings (SSSR count). The molecule has 30 heavy (non-hydrogen) atoms. The molecule has 2 heterocycles. The van der Waals surface area contributed by atoms with E-state index in [0.717, 1.165) is 0 Å². The molecule has 0 aliphatic carbocycles. The van der Waals surface area contributed by atoms with Crippen molar-refractivity contribution in [2.75, 3.05) is 6.61 Å². The van der Waals surface area contributed by atoms with Gasteiger partial charge in [0.15, 0.2) is 0 Å². The molecule has 0 radical (unpaired) electrons. The van der Waals surface area contributed by atoms with Crippen LogP contribution >= 0.6 is 23.5 Å². The summed E-state index contributed by atoms with van der Waals surface area (Å²) in [6, 6.07) is 0. The first-order valence-electron chi connectivity index (χ1n) is 7.36. The molecule has 0 saturated carbocycles. The maximum absolute atomic E-state index is 11.8. The summed E-state index contributed by atoms with van der Waals surface area (Å²) in [6.07, 6.45) is -6.41. The number of H-pyrrole nitrogens is 1. The second-order valence-electron chi connectivity index (χ2n) is 5.65. The highest BCUT2D eigenvalue weighted by Crippen LogP contribution is 2.66. The molecule has 0 spiro atoms. The topological polar surface area (TPSA) is 285 Å². The fraction of sp³-hybridized carbons (Fsp3) is 0.556. The summed E-state index contributed by atoms with van der Waals surface area (Å²) in [5.74, 6) is 0. The lowest BCUT2D eigenvalue weighted by Gasteiger charge is -2.19. The van der Waals surface area contributed by atoms with Crippen molar-refractivity contribution in [2.24, 2.45) is 0 Å². The second kappa shape index (κ2) is 8.72. The fourth-order valence-electron chi connectivity index (χ4n) is 2.29. The van der Waals surface area contributed by atoms with Gasteiger partial charge in [0.2, 0.25) is 0 Å². The number of hydrogen-bond donors (Lipinski definition) is 8. The minimum Gasteiger partial charge on any atom is -0.424 e. The summed E-state index contributed by atoms with van der Waals surface area (Å²) < 4.78 is 49.8. The van der Waals surface area contributed by atoms with E-state index < -0.39 is 71.3 Å². The van der Waals surface area contributed by atoms with E-state index >= 15 is 0 Å². The number of nitrogens with zero attached hydrogens (tertiary/aromatic N) is 1. The lowest BCUT2D eigenvalue weighted by Crippen LogP contribution is -2.35. The van der Waals surface area contributed by atoms with Gasteiger partial charge in [-0.15, -0.1) is 4.73 Å². The molecule has 0 amide bonds. The van der Waals surface area contributed by atoms with Gasteiger partial charge >= 0.3 is 29.2 Å². The van der Waals surface area contributed by atoms with Crippen molar-refractivity contribution in [3.8, 4) is 0 Å². The minimum atomic E-state index is -5.76. The average molecular weight is 500 g/mol. The van der Waals surface area contributed by atoms with Crippen LogP contribution in [0.3, 0.4) is 0 Å². The average Bonchev–Trinajstić information content (AvgIpc) is 2.81. The van der Waals surface area contributed by atoms with Gasteiger partial charge in [0.05, 0.1) is 18.4 Å². The Morgan fingerprint density at radius 2 is 1.63 bits per heavy atom. The number of hydrogen-bond acceptors (Lipinski definition) is 12. The molecule has 6 unspecified atom stereocenters. The monoisotopic (exact) mass is 500 g/mol. The van der Waals surface area contributed by atoms with Crippen LogP contribution in [0, 0.1) is 0 Å². The van der Waals surface area contributed by atoms with Crippen LogP contribution in [-0.4, -0.2) is 69.6 Å². The van der Waals surface area contributed by atoms with Gasteiger partial charge < -0.3 is 39.7 Å². The van der Waals surface area contributed by atoms with Crippen LogP contribution in [0.5, 0.6) is 0 Å². The van der Waals surface area contributed by atoms with Crippen LogP contribution in [0.4, 0.5) is 0 Å². The largest absolute Gasteiger partial charge is 0.490 e. The summed E-state index contributed by atoms with van der Waals surface area (Å²) in [4.78, 5) is 59.9. The first-order chi connectivity index (χ1) is 13.5. The molecule has 1 fully saturated rings. The van der Waals surface area contributed by atoms with E-state index in [4.69, 9.17) is 19.4 Å². The van der Waals surface area contributed by atoms with Gasteiger partial charge in [-0.2, -0.15) is 8.62 Å². The zero-order valence-electron chi connectivity index (χ0n) is 14.2. The van der Waals surface area contributed by atoms with Gasteiger partial charge in [0.25, 0.3) is 5.56 Å². The van der Waals surface area contributed by atoms with Crippen LogP contribution in [0.2, 0.25) is 0 Å². The summed E-state index contributed by atoms with van der Waals surface area (Å²) in [5.41, 5.74) is -2.81. The van der Waals surface area contributed by atoms with Crippen molar-refractivity contribution in [3.63, 3.8) is 0 Å². The molecule has 21 heteroatoms. The third-order valence-electron chi connectivity index (χ3n) is 3.44. The predicted octanol–water partition coefficient (Wildman–Crippen LogP) is -2.72. The Morgan fingerprint density at radius 1 is 1.03 bits per heavy atom. The molecule has 0 aromatic carbocycles. The fourth-order valence-corrected chi connectivity index (χ4v) is 5.32. The van der Waals surface area contributed by atoms with Crippen LogP contribution in [0.15, 0.2) is 15.8 Å². The van der Waals surface area contributed by atoms with Crippen molar-refractivity contribution in [1.29, 1.82) is 0 Å². The second-order valence-corrected chi connectivity index (χ2v) is 10.1. The number of aromatic amines is 1. The van der Waals surface area contributed by atoms with Crippen molar-refractivity contribution in [2.45, 2.75) is 24.4 Å². The highest BCUT2D eigenvalue weighted by atomic mass is 31.3. The molecular weight excluding hydrogens is 485 g/mol. The number of phosphoric acid groups is 3. The lowest BCUT2D eigenvalue weighted by atomic mass is 10.0. The molecule has 1 aromatic heterocycles. The Bertz CT molecular complexity index is 1040. The quantitative estimate of drug-likeness (QED) is 0.133. The van der Waals surface area contributed by atoms with Crippen molar-refractivity contribution < 1.29 is 66.6 Å². The normalized spacial score (nSPS) is 28.7. The smallest absolute Gasteiger partial charge is 0.424 e. The maximum atomic E-state index is 11.8. The first kappa shape index (κ1) is 25.0. The van der Waals surface area contributed by atoms with Crippen molar-refractivity contribution in [1.82, 2.24) is 9.71 Å². The number of aliphatic hydroxyl groups excluding tert-OH is 2. The van der Waals surface area contributed by atoms with Gasteiger partial charge in [-0.1, -0.05) is 0 Å². The Balaban J connectivity index is 2.09.